The van der Waals surface area contributed by atoms with Crippen LogP contribution in [0.5, 0.6) is 0 Å². The number of rotatable bonds is 4. The van der Waals surface area contributed by atoms with Gasteiger partial charge in [0.25, 0.3) is 0 Å². The minimum Gasteiger partial charge on any atom is -0.465 e. The fourth-order valence-corrected chi connectivity index (χ4v) is 6.61. The molecule has 9 heteroatoms. The number of carbonyl (C=O) groups excluding carboxylic acids is 1. The third-order valence-electron chi connectivity index (χ3n) is 6.97. The summed E-state index contributed by atoms with van der Waals surface area (Å²) in [6, 6.07) is 0. The lowest BCUT2D eigenvalue weighted by Crippen LogP contribution is -3.13. The molecule has 0 bridgehead atoms. The van der Waals surface area contributed by atoms with Gasteiger partial charge in [-0.3, -0.25) is 4.68 Å². The number of anilines is 1. The second-order valence-electron chi connectivity index (χ2n) is 9.16. The van der Waals surface area contributed by atoms with Gasteiger partial charge in [-0.1, -0.05) is 6.92 Å². The van der Waals surface area contributed by atoms with Gasteiger partial charge in [0.1, 0.15) is 11.5 Å². The third-order valence-corrected chi connectivity index (χ3v) is 8.50. The van der Waals surface area contributed by atoms with E-state index in [2.05, 4.69) is 36.1 Å². The van der Waals surface area contributed by atoms with E-state index in [-0.39, 0.29) is 5.97 Å². The van der Waals surface area contributed by atoms with Gasteiger partial charge in [-0.2, -0.15) is 5.10 Å². The maximum Gasteiger partial charge on any atom is 0.341 e. The standard InChI is InChI=1S/C23H33N5O2S2/c1-14-6-7-17-19(12-14)32-21(20(17)22(29)30-5)24-23(31)28-10-8-27(9-11-28)13-18-15(2)25-26(4)16(18)3/h14H,6-13H2,1-5H3,(H,24,31)/p+1/t14-/m0/s1. The molecule has 1 aliphatic heterocycles. The Morgan fingerprint density at radius 1 is 1.34 bits per heavy atom. The van der Waals surface area contributed by atoms with E-state index < -0.39 is 0 Å². The molecule has 2 aromatic heterocycles. The number of esters is 1. The molecule has 32 heavy (non-hydrogen) atoms. The van der Waals surface area contributed by atoms with Crippen molar-refractivity contribution in [2.75, 3.05) is 38.6 Å². The van der Waals surface area contributed by atoms with Crippen molar-refractivity contribution < 1.29 is 14.4 Å². The van der Waals surface area contributed by atoms with Crippen LogP contribution in [0.1, 0.15) is 51.1 Å². The number of nitrogens with zero attached hydrogens (tertiary/aromatic N) is 3. The van der Waals surface area contributed by atoms with Crippen LogP contribution in [0.4, 0.5) is 5.00 Å². The zero-order valence-electron chi connectivity index (χ0n) is 19.7. The molecule has 0 amide bonds. The van der Waals surface area contributed by atoms with Gasteiger partial charge < -0.3 is 19.9 Å². The van der Waals surface area contributed by atoms with Crippen LogP contribution in [0, 0.1) is 19.8 Å². The summed E-state index contributed by atoms with van der Waals surface area (Å²) in [6.45, 7) is 11.4. The Morgan fingerprint density at radius 2 is 2.06 bits per heavy atom. The second kappa shape index (κ2) is 9.49. The van der Waals surface area contributed by atoms with E-state index in [1.165, 1.54) is 23.2 Å². The number of nitrogens with one attached hydrogen (secondary N) is 2. The van der Waals surface area contributed by atoms with Crippen LogP contribution >= 0.6 is 23.6 Å². The van der Waals surface area contributed by atoms with E-state index in [1.807, 2.05) is 11.7 Å². The van der Waals surface area contributed by atoms with Gasteiger partial charge in [0, 0.05) is 23.2 Å². The quantitative estimate of drug-likeness (QED) is 0.521. The van der Waals surface area contributed by atoms with Crippen LogP contribution in [0.3, 0.4) is 0 Å². The summed E-state index contributed by atoms with van der Waals surface area (Å²) in [5.74, 6) is 0.383. The van der Waals surface area contributed by atoms with Crippen molar-refractivity contribution in [2.45, 2.75) is 46.6 Å². The third kappa shape index (κ3) is 4.56. The average Bonchev–Trinajstić information content (AvgIpc) is 3.24. The summed E-state index contributed by atoms with van der Waals surface area (Å²) < 4.78 is 7.08. The molecule has 2 aromatic rings. The molecule has 1 fully saturated rings. The number of aryl methyl sites for hydroxylation is 2. The van der Waals surface area contributed by atoms with Crippen molar-refractivity contribution in [3.05, 3.63) is 33.0 Å². The number of thiocarbonyl (C=S) groups is 1. The Labute approximate surface area is 199 Å². The minimum absolute atomic E-state index is 0.265. The molecule has 0 radical (unpaired) electrons. The van der Waals surface area contributed by atoms with Crippen LogP contribution in [0.2, 0.25) is 0 Å². The highest BCUT2D eigenvalue weighted by Gasteiger charge is 2.30. The van der Waals surface area contributed by atoms with Crippen LogP contribution < -0.4 is 10.2 Å². The van der Waals surface area contributed by atoms with Crippen molar-refractivity contribution >= 4 is 39.6 Å². The summed E-state index contributed by atoms with van der Waals surface area (Å²) in [4.78, 5) is 17.6. The molecule has 2 N–H and O–H groups in total. The predicted octanol–water partition coefficient (Wildman–Crippen LogP) is 2.11. The molecule has 1 atom stereocenters. The molecule has 0 saturated carbocycles. The molecular formula is C23H34N5O2S2+. The Bertz CT molecular complexity index is 1020. The number of hydrogen-bond acceptors (Lipinski definition) is 5. The lowest BCUT2D eigenvalue weighted by atomic mass is 9.88. The molecular weight excluding hydrogens is 442 g/mol. The van der Waals surface area contributed by atoms with Gasteiger partial charge in [-0.05, 0) is 56.8 Å². The van der Waals surface area contributed by atoms with Crippen LogP contribution in [0.15, 0.2) is 0 Å². The van der Waals surface area contributed by atoms with Gasteiger partial charge in [0.05, 0.1) is 44.5 Å². The number of aromatic nitrogens is 2. The second-order valence-corrected chi connectivity index (χ2v) is 10.7. The first-order chi connectivity index (χ1) is 15.3. The van der Waals surface area contributed by atoms with E-state index in [1.54, 1.807) is 16.2 Å². The smallest absolute Gasteiger partial charge is 0.341 e. The zero-order valence-corrected chi connectivity index (χ0v) is 21.3. The van der Waals surface area contributed by atoms with Gasteiger partial charge in [-0.25, -0.2) is 4.79 Å². The van der Waals surface area contributed by atoms with Crippen molar-refractivity contribution in [2.24, 2.45) is 13.0 Å². The number of fused-ring (bicyclic) bond motifs is 1. The lowest BCUT2D eigenvalue weighted by Gasteiger charge is -2.33. The number of methoxy groups -OCH3 is 1. The van der Waals surface area contributed by atoms with E-state index in [0.29, 0.717) is 16.6 Å². The lowest BCUT2D eigenvalue weighted by molar-refractivity contribution is -0.917. The number of thiophene rings is 1. The number of hydrogen-bond donors (Lipinski definition) is 2. The summed E-state index contributed by atoms with van der Waals surface area (Å²) in [6.07, 6.45) is 3.06. The first-order valence-corrected chi connectivity index (χ1v) is 12.6. The fraction of sp³-hybridized carbons (Fsp3) is 0.609. The Balaban J connectivity index is 1.41. The average molecular weight is 477 g/mol. The fourth-order valence-electron chi connectivity index (χ4n) is 4.86. The normalized spacial score (nSPS) is 19.0. The van der Waals surface area contributed by atoms with Crippen LogP contribution in [0.25, 0.3) is 0 Å². The number of ether oxygens (including phenoxy) is 1. The number of piperazine rings is 1. The van der Waals surface area contributed by atoms with Crippen LogP contribution in [-0.2, 0) is 31.2 Å². The zero-order chi connectivity index (χ0) is 23.0. The van der Waals surface area contributed by atoms with Crippen LogP contribution in [-0.4, -0.2) is 59.1 Å². The maximum atomic E-state index is 12.6. The van der Waals surface area contributed by atoms with E-state index in [0.717, 1.165) is 68.2 Å². The molecule has 1 aliphatic carbocycles. The molecule has 3 heterocycles. The van der Waals surface area contributed by atoms with Crippen molar-refractivity contribution in [1.29, 1.82) is 0 Å². The monoisotopic (exact) mass is 476 g/mol. The predicted molar refractivity (Wildman–Crippen MR) is 132 cm³/mol. The van der Waals surface area contributed by atoms with Gasteiger partial charge in [0.15, 0.2) is 5.11 Å². The molecule has 0 unspecified atom stereocenters. The van der Waals surface area contributed by atoms with Crippen molar-refractivity contribution in [3.8, 4) is 0 Å². The largest absolute Gasteiger partial charge is 0.465 e. The molecule has 7 nitrogen and oxygen atoms in total. The van der Waals surface area contributed by atoms with Crippen molar-refractivity contribution in [1.82, 2.24) is 14.7 Å². The SMILES string of the molecule is COC(=O)c1c(NC(=S)N2CC[NH+](Cc3c(C)nn(C)c3C)CC2)sc2c1CC[C@H](C)C2. The minimum atomic E-state index is -0.265. The Hall–Kier alpha value is -1.97. The van der Waals surface area contributed by atoms with Gasteiger partial charge in [0.2, 0.25) is 0 Å². The Kier molecular flexibility index (Phi) is 6.88. The molecule has 0 spiro atoms. The molecule has 2 aliphatic rings. The van der Waals surface area contributed by atoms with E-state index in [4.69, 9.17) is 17.0 Å². The maximum absolute atomic E-state index is 12.6. The first-order valence-electron chi connectivity index (χ1n) is 11.4. The highest BCUT2D eigenvalue weighted by Crippen LogP contribution is 2.40. The van der Waals surface area contributed by atoms with E-state index in [9.17, 15) is 4.79 Å². The topological polar surface area (TPSA) is 63.8 Å². The van der Waals surface area contributed by atoms with Crippen molar-refractivity contribution in [3.63, 3.8) is 0 Å². The van der Waals surface area contributed by atoms with Gasteiger partial charge in [-0.15, -0.1) is 11.3 Å². The summed E-state index contributed by atoms with van der Waals surface area (Å²) in [5, 5.41) is 9.51. The highest BCUT2D eigenvalue weighted by molar-refractivity contribution is 7.80. The summed E-state index contributed by atoms with van der Waals surface area (Å²) >= 11 is 7.43. The molecule has 4 rings (SSSR count). The van der Waals surface area contributed by atoms with Gasteiger partial charge >= 0.3 is 5.97 Å². The molecule has 1 saturated heterocycles. The number of carbonyl (C=O) groups is 1. The summed E-state index contributed by atoms with van der Waals surface area (Å²) in [5.41, 5.74) is 5.58. The Morgan fingerprint density at radius 3 is 2.69 bits per heavy atom. The molecule has 174 valence electrons. The summed E-state index contributed by atoms with van der Waals surface area (Å²) in [7, 11) is 3.46. The highest BCUT2D eigenvalue weighted by atomic mass is 32.1. The first kappa shape index (κ1) is 23.2. The van der Waals surface area contributed by atoms with E-state index >= 15 is 0 Å². The molecule has 0 aromatic carbocycles. The number of quaternary nitrogens is 1.